The molecule has 2 N–H and O–H groups in total. The molecule has 1 saturated heterocycles. The molecule has 1 fully saturated rings. The van der Waals surface area contributed by atoms with Gasteiger partial charge in [0, 0.05) is 43.2 Å². The zero-order valence-corrected chi connectivity index (χ0v) is 17.9. The van der Waals surface area contributed by atoms with Gasteiger partial charge in [-0.15, -0.1) is 0 Å². The van der Waals surface area contributed by atoms with Crippen LogP contribution in [-0.2, 0) is 0 Å². The van der Waals surface area contributed by atoms with Crippen molar-refractivity contribution in [2.45, 2.75) is 0 Å². The Balaban J connectivity index is 1.30. The number of anilines is 4. The fraction of sp³-hybridized carbons (Fsp3) is 0.208. The second kappa shape index (κ2) is 9.50. The molecule has 4 rings (SSSR count). The highest BCUT2D eigenvalue weighted by molar-refractivity contribution is 7.80. The Bertz CT molecular complexity index is 970. The number of para-hydroxylation sites is 3. The zero-order valence-electron chi connectivity index (χ0n) is 17.0. The molecule has 0 amide bonds. The summed E-state index contributed by atoms with van der Waals surface area (Å²) in [4.78, 5) is 4.57. The number of benzene rings is 3. The van der Waals surface area contributed by atoms with Crippen LogP contribution in [0.1, 0.15) is 0 Å². The van der Waals surface area contributed by atoms with Crippen molar-refractivity contribution < 1.29 is 4.74 Å². The van der Waals surface area contributed by atoms with Gasteiger partial charge in [0.2, 0.25) is 0 Å². The molecular formula is C24H26N4OS. The number of nitrogens with zero attached hydrogens (tertiary/aromatic N) is 2. The van der Waals surface area contributed by atoms with Crippen LogP contribution in [0.15, 0.2) is 78.9 Å². The van der Waals surface area contributed by atoms with Gasteiger partial charge < -0.3 is 25.2 Å². The summed E-state index contributed by atoms with van der Waals surface area (Å²) in [7, 11) is 1.72. The van der Waals surface area contributed by atoms with Gasteiger partial charge in [-0.25, -0.2) is 0 Å². The first-order valence-electron chi connectivity index (χ1n) is 10.1. The van der Waals surface area contributed by atoms with Gasteiger partial charge in [0.25, 0.3) is 0 Å². The summed E-state index contributed by atoms with van der Waals surface area (Å²) in [6.45, 7) is 3.55. The Morgan fingerprint density at radius 3 is 2.07 bits per heavy atom. The van der Waals surface area contributed by atoms with Gasteiger partial charge in [-0.2, -0.15) is 0 Å². The van der Waals surface area contributed by atoms with Crippen molar-refractivity contribution in [3.63, 3.8) is 0 Å². The number of hydrogen-bond donors (Lipinski definition) is 2. The molecule has 5 nitrogen and oxygen atoms in total. The molecule has 6 heteroatoms. The lowest BCUT2D eigenvalue weighted by Gasteiger charge is -2.37. The van der Waals surface area contributed by atoms with E-state index in [1.54, 1.807) is 7.11 Å². The second-order valence-corrected chi connectivity index (χ2v) is 7.53. The highest BCUT2D eigenvalue weighted by Gasteiger charge is 2.21. The first-order valence-corrected chi connectivity index (χ1v) is 10.5. The fourth-order valence-electron chi connectivity index (χ4n) is 3.57. The van der Waals surface area contributed by atoms with Crippen molar-refractivity contribution >= 4 is 40.1 Å². The number of thiocarbonyl (C=S) groups is 1. The predicted octanol–water partition coefficient (Wildman–Crippen LogP) is 4.96. The van der Waals surface area contributed by atoms with E-state index < -0.39 is 0 Å². The van der Waals surface area contributed by atoms with Gasteiger partial charge in [0.05, 0.1) is 12.8 Å². The maximum absolute atomic E-state index is 5.65. The largest absolute Gasteiger partial charge is 0.495 e. The van der Waals surface area contributed by atoms with Gasteiger partial charge >= 0.3 is 0 Å². The van der Waals surface area contributed by atoms with E-state index in [9.17, 15) is 0 Å². The van der Waals surface area contributed by atoms with Crippen LogP contribution >= 0.6 is 12.2 Å². The van der Waals surface area contributed by atoms with Gasteiger partial charge in [0.1, 0.15) is 5.75 Å². The van der Waals surface area contributed by atoms with E-state index in [1.807, 2.05) is 60.7 Å². The standard InChI is InChI=1S/C24H26N4OS/c1-29-23-10-6-5-9-22(23)27-15-17-28(18-16-27)24(30)26-21-13-11-20(12-14-21)25-19-7-3-2-4-8-19/h2-14,25H,15-18H2,1H3,(H,26,30). The summed E-state index contributed by atoms with van der Waals surface area (Å²) >= 11 is 5.65. The van der Waals surface area contributed by atoms with E-state index in [-0.39, 0.29) is 0 Å². The minimum atomic E-state index is 0.762. The summed E-state index contributed by atoms with van der Waals surface area (Å²) in [5.41, 5.74) is 4.25. The molecule has 3 aromatic carbocycles. The molecule has 0 unspecified atom stereocenters. The second-order valence-electron chi connectivity index (χ2n) is 7.14. The molecule has 1 aliphatic rings. The molecule has 3 aromatic rings. The van der Waals surface area contributed by atoms with Crippen molar-refractivity contribution in [1.29, 1.82) is 0 Å². The number of ether oxygens (including phenoxy) is 1. The molecule has 0 aliphatic carbocycles. The van der Waals surface area contributed by atoms with Crippen molar-refractivity contribution in [2.24, 2.45) is 0 Å². The average Bonchev–Trinajstić information content (AvgIpc) is 2.81. The van der Waals surface area contributed by atoms with Crippen LogP contribution in [0.3, 0.4) is 0 Å². The van der Waals surface area contributed by atoms with Crippen LogP contribution in [0.2, 0.25) is 0 Å². The lowest BCUT2D eigenvalue weighted by atomic mass is 10.2. The van der Waals surface area contributed by atoms with E-state index in [0.29, 0.717) is 0 Å². The molecule has 0 aromatic heterocycles. The lowest BCUT2D eigenvalue weighted by Crippen LogP contribution is -2.50. The van der Waals surface area contributed by atoms with Crippen molar-refractivity contribution in [2.75, 3.05) is 48.8 Å². The average molecular weight is 419 g/mol. The van der Waals surface area contributed by atoms with Crippen LogP contribution in [0, 0.1) is 0 Å². The third kappa shape index (κ3) is 4.83. The number of piperazine rings is 1. The van der Waals surface area contributed by atoms with Crippen molar-refractivity contribution in [3.8, 4) is 5.75 Å². The molecule has 0 radical (unpaired) electrons. The SMILES string of the molecule is COc1ccccc1N1CCN(C(=S)Nc2ccc(Nc3ccccc3)cc2)CC1. The number of methoxy groups -OCH3 is 1. The van der Waals surface area contributed by atoms with Crippen LogP contribution in [0.5, 0.6) is 5.75 Å². The molecule has 0 saturated carbocycles. The van der Waals surface area contributed by atoms with Crippen LogP contribution in [0.25, 0.3) is 0 Å². The molecule has 154 valence electrons. The van der Waals surface area contributed by atoms with Crippen LogP contribution < -0.4 is 20.3 Å². The minimum Gasteiger partial charge on any atom is -0.495 e. The first-order chi connectivity index (χ1) is 14.7. The molecule has 0 atom stereocenters. The topological polar surface area (TPSA) is 39.8 Å². The lowest BCUT2D eigenvalue weighted by molar-refractivity contribution is 0.382. The van der Waals surface area contributed by atoms with Crippen molar-refractivity contribution in [1.82, 2.24) is 4.90 Å². The molecule has 30 heavy (non-hydrogen) atoms. The molecule has 1 aliphatic heterocycles. The third-order valence-corrected chi connectivity index (χ3v) is 5.55. The summed E-state index contributed by atoms with van der Waals surface area (Å²) < 4.78 is 5.50. The zero-order chi connectivity index (χ0) is 20.8. The highest BCUT2D eigenvalue weighted by Crippen LogP contribution is 2.28. The third-order valence-electron chi connectivity index (χ3n) is 5.19. The van der Waals surface area contributed by atoms with E-state index in [2.05, 4.69) is 38.6 Å². The summed E-state index contributed by atoms with van der Waals surface area (Å²) in [5, 5.41) is 7.52. The number of nitrogens with one attached hydrogen (secondary N) is 2. The van der Waals surface area contributed by atoms with Gasteiger partial charge in [-0.1, -0.05) is 30.3 Å². The predicted molar refractivity (Wildman–Crippen MR) is 129 cm³/mol. The highest BCUT2D eigenvalue weighted by atomic mass is 32.1. The molecule has 0 spiro atoms. The van der Waals surface area contributed by atoms with E-state index in [4.69, 9.17) is 17.0 Å². The van der Waals surface area contributed by atoms with Crippen molar-refractivity contribution in [3.05, 3.63) is 78.9 Å². The number of rotatable bonds is 5. The maximum atomic E-state index is 5.65. The minimum absolute atomic E-state index is 0.762. The van der Waals surface area contributed by atoms with Gasteiger partial charge in [-0.05, 0) is 60.7 Å². The molecular weight excluding hydrogens is 392 g/mol. The Morgan fingerprint density at radius 1 is 0.767 bits per heavy atom. The monoisotopic (exact) mass is 418 g/mol. The van der Waals surface area contributed by atoms with Gasteiger partial charge in [-0.3, -0.25) is 0 Å². The fourth-order valence-corrected chi connectivity index (χ4v) is 3.87. The normalized spacial score (nSPS) is 13.6. The van der Waals surface area contributed by atoms with E-state index >= 15 is 0 Å². The summed E-state index contributed by atoms with van der Waals surface area (Å²) in [6.07, 6.45) is 0. The Hall–Kier alpha value is -3.25. The summed E-state index contributed by atoms with van der Waals surface area (Å²) in [6, 6.07) is 26.5. The summed E-state index contributed by atoms with van der Waals surface area (Å²) in [5.74, 6) is 0.913. The Labute approximate surface area is 183 Å². The van der Waals surface area contributed by atoms with Gasteiger partial charge in [0.15, 0.2) is 5.11 Å². The quantitative estimate of drug-likeness (QED) is 0.571. The molecule has 1 heterocycles. The van der Waals surface area contributed by atoms with E-state index in [0.717, 1.165) is 59.8 Å². The first kappa shape index (κ1) is 20.0. The Kier molecular flexibility index (Phi) is 6.35. The van der Waals surface area contributed by atoms with E-state index in [1.165, 1.54) is 0 Å². The maximum Gasteiger partial charge on any atom is 0.173 e. The van der Waals surface area contributed by atoms with Crippen LogP contribution in [-0.4, -0.2) is 43.3 Å². The molecule has 0 bridgehead atoms. The Morgan fingerprint density at radius 2 is 1.37 bits per heavy atom. The number of hydrogen-bond acceptors (Lipinski definition) is 4. The smallest absolute Gasteiger partial charge is 0.173 e. The van der Waals surface area contributed by atoms with Crippen LogP contribution in [0.4, 0.5) is 22.7 Å².